The molecule has 1 nitrogen and oxygen atoms in total. The Labute approximate surface area is 118 Å². The van der Waals surface area contributed by atoms with Gasteiger partial charge in [-0.2, -0.15) is 0 Å². The molecule has 0 radical (unpaired) electrons. The molecule has 0 amide bonds. The van der Waals surface area contributed by atoms with E-state index in [1.54, 1.807) is 0 Å². The Kier molecular flexibility index (Phi) is 4.07. The molecule has 1 aromatic heterocycles. The molecule has 1 atom stereocenters. The Morgan fingerprint density at radius 2 is 1.74 bits per heavy atom. The van der Waals surface area contributed by atoms with Crippen LogP contribution in [0.3, 0.4) is 0 Å². The van der Waals surface area contributed by atoms with Gasteiger partial charge in [0.1, 0.15) is 5.82 Å². The van der Waals surface area contributed by atoms with Crippen molar-refractivity contribution in [3.05, 3.63) is 57.5 Å². The number of hydrogen-bond donors (Lipinski definition) is 1. The van der Waals surface area contributed by atoms with Gasteiger partial charge >= 0.3 is 0 Å². The van der Waals surface area contributed by atoms with Crippen molar-refractivity contribution in [2.24, 2.45) is 0 Å². The second kappa shape index (κ2) is 5.43. The van der Waals surface area contributed by atoms with Crippen LogP contribution in [0.2, 0.25) is 0 Å². The number of hydrogen-bond acceptors (Lipinski definition) is 2. The molecule has 0 aliphatic heterocycles. The summed E-state index contributed by atoms with van der Waals surface area (Å²) in [6.07, 6.45) is 0. The summed E-state index contributed by atoms with van der Waals surface area (Å²) < 4.78 is 13.1. The summed E-state index contributed by atoms with van der Waals surface area (Å²) in [6, 6.07) is 11.3. The highest BCUT2D eigenvalue weighted by Crippen LogP contribution is 2.39. The summed E-state index contributed by atoms with van der Waals surface area (Å²) in [5, 5.41) is 3.40. The predicted octanol–water partition coefficient (Wildman–Crippen LogP) is 4.43. The standard InChI is InChI=1S/C16H20FNS/c1-11-5-10-14(19-11)15(18-4)16(2,3)12-6-8-13(17)9-7-12/h5-10,15,18H,1-4H3. The van der Waals surface area contributed by atoms with Crippen LogP contribution >= 0.6 is 11.3 Å². The average Bonchev–Trinajstić information content (AvgIpc) is 2.77. The summed E-state index contributed by atoms with van der Waals surface area (Å²) in [5.41, 5.74) is 1.04. The Hall–Kier alpha value is -1.19. The summed E-state index contributed by atoms with van der Waals surface area (Å²) in [6.45, 7) is 6.50. The molecule has 1 unspecified atom stereocenters. The SMILES string of the molecule is CNC(c1ccc(C)s1)C(C)(C)c1ccc(F)cc1. The van der Waals surface area contributed by atoms with Gasteiger partial charge in [0.2, 0.25) is 0 Å². The molecule has 1 aromatic carbocycles. The molecule has 1 N–H and O–H groups in total. The molecule has 3 heteroatoms. The first-order valence-electron chi connectivity index (χ1n) is 6.45. The molecule has 2 rings (SSSR count). The molecule has 1 heterocycles. The number of benzene rings is 1. The lowest BCUT2D eigenvalue weighted by Gasteiger charge is -2.34. The van der Waals surface area contributed by atoms with Gasteiger partial charge in [0.25, 0.3) is 0 Å². The van der Waals surface area contributed by atoms with Crippen molar-refractivity contribution in [3.8, 4) is 0 Å². The van der Waals surface area contributed by atoms with E-state index < -0.39 is 0 Å². The minimum Gasteiger partial charge on any atom is -0.312 e. The summed E-state index contributed by atoms with van der Waals surface area (Å²) in [7, 11) is 1.98. The molecule has 102 valence electrons. The first kappa shape index (κ1) is 14.2. The average molecular weight is 277 g/mol. The molecular weight excluding hydrogens is 257 g/mol. The Morgan fingerprint density at radius 3 is 2.21 bits per heavy atom. The van der Waals surface area contributed by atoms with Crippen LogP contribution in [0, 0.1) is 12.7 Å². The fraction of sp³-hybridized carbons (Fsp3) is 0.375. The van der Waals surface area contributed by atoms with E-state index in [0.29, 0.717) is 0 Å². The monoisotopic (exact) mass is 277 g/mol. The first-order valence-corrected chi connectivity index (χ1v) is 7.26. The maximum absolute atomic E-state index is 13.1. The van der Waals surface area contributed by atoms with Crippen LogP contribution in [0.1, 0.15) is 35.2 Å². The van der Waals surface area contributed by atoms with Gasteiger partial charge in [-0.15, -0.1) is 11.3 Å². The van der Waals surface area contributed by atoms with Crippen LogP contribution in [-0.2, 0) is 5.41 Å². The predicted molar refractivity (Wildman–Crippen MR) is 80.3 cm³/mol. The van der Waals surface area contributed by atoms with Gasteiger partial charge in [-0.05, 0) is 43.8 Å². The van der Waals surface area contributed by atoms with E-state index in [4.69, 9.17) is 0 Å². The van der Waals surface area contributed by atoms with E-state index in [2.05, 4.69) is 38.2 Å². The lowest BCUT2D eigenvalue weighted by molar-refractivity contribution is 0.373. The molecule has 0 bridgehead atoms. The second-order valence-electron chi connectivity index (χ2n) is 5.40. The number of thiophene rings is 1. The molecule has 2 aromatic rings. The molecule has 0 aliphatic rings. The maximum atomic E-state index is 13.1. The normalized spacial score (nSPS) is 13.5. The molecule has 0 spiro atoms. The number of halogens is 1. The minimum absolute atomic E-state index is 0.0975. The maximum Gasteiger partial charge on any atom is 0.123 e. The Balaban J connectivity index is 2.38. The number of likely N-dealkylation sites (N-methyl/N-ethyl adjacent to an activating group) is 1. The lowest BCUT2D eigenvalue weighted by atomic mass is 9.77. The highest BCUT2D eigenvalue weighted by molar-refractivity contribution is 7.12. The zero-order chi connectivity index (χ0) is 14.0. The zero-order valence-electron chi connectivity index (χ0n) is 11.8. The third-order valence-corrected chi connectivity index (χ3v) is 4.71. The smallest absolute Gasteiger partial charge is 0.123 e. The molecule has 19 heavy (non-hydrogen) atoms. The number of rotatable bonds is 4. The van der Waals surface area contributed by atoms with Crippen LogP contribution < -0.4 is 5.32 Å². The van der Waals surface area contributed by atoms with E-state index in [-0.39, 0.29) is 17.3 Å². The summed E-state index contributed by atoms with van der Waals surface area (Å²) >= 11 is 1.81. The Morgan fingerprint density at radius 1 is 1.11 bits per heavy atom. The van der Waals surface area contributed by atoms with Gasteiger partial charge in [0.05, 0.1) is 6.04 Å². The molecule has 0 fully saturated rings. The van der Waals surface area contributed by atoms with E-state index in [0.717, 1.165) is 5.56 Å². The largest absolute Gasteiger partial charge is 0.312 e. The lowest BCUT2D eigenvalue weighted by Crippen LogP contribution is -2.35. The van der Waals surface area contributed by atoms with Crippen LogP contribution in [-0.4, -0.2) is 7.05 Å². The third-order valence-electron chi connectivity index (χ3n) is 3.64. The number of nitrogens with one attached hydrogen (secondary N) is 1. The van der Waals surface area contributed by atoms with Gasteiger partial charge in [-0.3, -0.25) is 0 Å². The fourth-order valence-corrected chi connectivity index (χ4v) is 3.69. The minimum atomic E-state index is -0.187. The summed E-state index contributed by atoms with van der Waals surface area (Å²) in [4.78, 5) is 2.62. The molecule has 0 saturated heterocycles. The van der Waals surface area contributed by atoms with Gasteiger partial charge in [-0.25, -0.2) is 4.39 Å². The highest BCUT2D eigenvalue weighted by atomic mass is 32.1. The van der Waals surface area contributed by atoms with Crippen molar-refractivity contribution in [1.29, 1.82) is 0 Å². The fourth-order valence-electron chi connectivity index (χ4n) is 2.51. The second-order valence-corrected chi connectivity index (χ2v) is 6.72. The van der Waals surface area contributed by atoms with E-state index in [9.17, 15) is 4.39 Å². The van der Waals surface area contributed by atoms with Crippen molar-refractivity contribution in [2.45, 2.75) is 32.2 Å². The zero-order valence-corrected chi connectivity index (χ0v) is 12.6. The van der Waals surface area contributed by atoms with Crippen molar-refractivity contribution in [2.75, 3.05) is 7.05 Å². The van der Waals surface area contributed by atoms with Crippen LogP contribution in [0.15, 0.2) is 36.4 Å². The van der Waals surface area contributed by atoms with Crippen LogP contribution in [0.4, 0.5) is 4.39 Å². The quantitative estimate of drug-likeness (QED) is 0.871. The van der Waals surface area contributed by atoms with Crippen LogP contribution in [0.5, 0.6) is 0 Å². The first-order chi connectivity index (χ1) is 8.95. The van der Waals surface area contributed by atoms with Gasteiger partial charge in [0.15, 0.2) is 0 Å². The molecule has 0 saturated carbocycles. The van der Waals surface area contributed by atoms with E-state index >= 15 is 0 Å². The summed E-state index contributed by atoms with van der Waals surface area (Å²) in [5.74, 6) is -0.187. The molecule has 0 aliphatic carbocycles. The van der Waals surface area contributed by atoms with Gasteiger partial charge < -0.3 is 5.32 Å². The molecular formula is C16H20FNS. The van der Waals surface area contributed by atoms with Crippen molar-refractivity contribution >= 4 is 11.3 Å². The highest BCUT2D eigenvalue weighted by Gasteiger charge is 2.32. The topological polar surface area (TPSA) is 12.0 Å². The van der Waals surface area contributed by atoms with Crippen LogP contribution in [0.25, 0.3) is 0 Å². The van der Waals surface area contributed by atoms with E-state index in [1.807, 2.05) is 30.5 Å². The number of aryl methyl sites for hydroxylation is 1. The Bertz CT molecular complexity index is 542. The van der Waals surface area contributed by atoms with E-state index in [1.165, 1.54) is 21.9 Å². The van der Waals surface area contributed by atoms with Crippen molar-refractivity contribution < 1.29 is 4.39 Å². The van der Waals surface area contributed by atoms with Gasteiger partial charge in [-0.1, -0.05) is 26.0 Å². The van der Waals surface area contributed by atoms with Crippen molar-refractivity contribution in [1.82, 2.24) is 5.32 Å². The van der Waals surface area contributed by atoms with Crippen molar-refractivity contribution in [3.63, 3.8) is 0 Å². The third kappa shape index (κ3) is 2.88. The van der Waals surface area contributed by atoms with Gasteiger partial charge in [0, 0.05) is 15.2 Å².